The van der Waals surface area contributed by atoms with Crippen LogP contribution in [0.2, 0.25) is 0 Å². The lowest BCUT2D eigenvalue weighted by molar-refractivity contribution is 0.0547. The number of hydrogen-bond acceptors (Lipinski definition) is 4. The van der Waals surface area contributed by atoms with Gasteiger partial charge in [-0.05, 0) is 18.9 Å². The lowest BCUT2D eigenvalue weighted by Crippen LogP contribution is -2.39. The van der Waals surface area contributed by atoms with Crippen molar-refractivity contribution in [2.24, 2.45) is 0 Å². The van der Waals surface area contributed by atoms with Crippen LogP contribution in [0.3, 0.4) is 0 Å². The molecule has 1 aromatic rings. The summed E-state index contributed by atoms with van der Waals surface area (Å²) in [7, 11) is 0. The summed E-state index contributed by atoms with van der Waals surface area (Å²) in [6.45, 7) is 1.28. The van der Waals surface area contributed by atoms with Crippen molar-refractivity contribution in [1.29, 1.82) is 0 Å². The number of aliphatic hydroxyl groups is 2. The average Bonchev–Trinajstić information content (AvgIpc) is 2.88. The fourth-order valence-corrected chi connectivity index (χ4v) is 2.72. The standard InChI is InChI=1S/C14H17NO3S/c16-8-2-1-3-13-9-11(10-19-13)14(18)15-6-4-12(17)5-7-15/h9-10,12,16-17H,2,4-8H2. The number of thiophene rings is 1. The van der Waals surface area contributed by atoms with Crippen molar-refractivity contribution in [1.82, 2.24) is 4.90 Å². The maximum absolute atomic E-state index is 12.2. The van der Waals surface area contributed by atoms with E-state index in [-0.39, 0.29) is 18.6 Å². The average molecular weight is 279 g/mol. The summed E-state index contributed by atoms with van der Waals surface area (Å²) in [5, 5.41) is 19.9. The number of rotatable bonds is 2. The summed E-state index contributed by atoms with van der Waals surface area (Å²) in [4.78, 5) is 14.8. The van der Waals surface area contributed by atoms with Crippen LogP contribution in [0.15, 0.2) is 11.4 Å². The van der Waals surface area contributed by atoms with Gasteiger partial charge in [0, 0.05) is 24.9 Å². The van der Waals surface area contributed by atoms with Crippen LogP contribution in [0.5, 0.6) is 0 Å². The second kappa shape index (κ2) is 6.71. The Morgan fingerprint density at radius 2 is 2.21 bits per heavy atom. The molecule has 0 bridgehead atoms. The van der Waals surface area contributed by atoms with Crippen LogP contribution >= 0.6 is 11.3 Å². The highest BCUT2D eigenvalue weighted by molar-refractivity contribution is 7.10. The molecule has 4 nitrogen and oxygen atoms in total. The topological polar surface area (TPSA) is 60.8 Å². The highest BCUT2D eigenvalue weighted by atomic mass is 32.1. The third kappa shape index (κ3) is 3.80. The quantitative estimate of drug-likeness (QED) is 0.796. The Balaban J connectivity index is 1.98. The molecule has 1 aliphatic rings. The minimum Gasteiger partial charge on any atom is -0.395 e. The molecule has 2 heterocycles. The Bertz CT molecular complexity index is 492. The molecular formula is C14H17NO3S. The maximum Gasteiger partial charge on any atom is 0.254 e. The number of piperidine rings is 1. The van der Waals surface area contributed by atoms with Crippen molar-refractivity contribution in [2.75, 3.05) is 19.7 Å². The first-order chi connectivity index (χ1) is 9.20. The summed E-state index contributed by atoms with van der Waals surface area (Å²) in [6.07, 6.45) is 1.48. The number of carbonyl (C=O) groups is 1. The van der Waals surface area contributed by atoms with Gasteiger partial charge in [-0.25, -0.2) is 0 Å². The molecule has 1 saturated heterocycles. The molecule has 0 aliphatic carbocycles. The number of carbonyl (C=O) groups excluding carboxylic acids is 1. The van der Waals surface area contributed by atoms with Gasteiger partial charge >= 0.3 is 0 Å². The van der Waals surface area contributed by atoms with Crippen LogP contribution in [-0.4, -0.2) is 46.8 Å². The lowest BCUT2D eigenvalue weighted by atomic mass is 10.1. The molecule has 1 aromatic heterocycles. The minimum absolute atomic E-state index is 0.0124. The van der Waals surface area contributed by atoms with Crippen molar-refractivity contribution < 1.29 is 15.0 Å². The zero-order valence-corrected chi connectivity index (χ0v) is 11.4. The second-order valence-corrected chi connectivity index (χ2v) is 5.41. The van der Waals surface area contributed by atoms with Crippen molar-refractivity contribution >= 4 is 17.2 Å². The molecule has 102 valence electrons. The number of nitrogens with zero attached hydrogens (tertiary/aromatic N) is 1. The summed E-state index contributed by atoms with van der Waals surface area (Å²) in [5.41, 5.74) is 0.662. The molecule has 1 aliphatic heterocycles. The van der Waals surface area contributed by atoms with E-state index >= 15 is 0 Å². The zero-order valence-electron chi connectivity index (χ0n) is 10.6. The van der Waals surface area contributed by atoms with Gasteiger partial charge in [-0.2, -0.15) is 0 Å². The van der Waals surface area contributed by atoms with Gasteiger partial charge in [0.15, 0.2) is 0 Å². The highest BCUT2D eigenvalue weighted by Gasteiger charge is 2.22. The number of hydrogen-bond donors (Lipinski definition) is 2. The van der Waals surface area contributed by atoms with E-state index in [1.807, 2.05) is 5.38 Å². The Kier molecular flexibility index (Phi) is 4.97. The molecule has 0 spiro atoms. The van der Waals surface area contributed by atoms with E-state index in [9.17, 15) is 9.90 Å². The van der Waals surface area contributed by atoms with Crippen molar-refractivity contribution in [3.05, 3.63) is 21.9 Å². The van der Waals surface area contributed by atoms with Gasteiger partial charge in [-0.15, -0.1) is 11.3 Å². The molecule has 0 saturated carbocycles. The molecule has 2 rings (SSSR count). The number of likely N-dealkylation sites (tertiary alicyclic amines) is 1. The number of aliphatic hydroxyl groups excluding tert-OH is 2. The fraction of sp³-hybridized carbons (Fsp3) is 0.500. The van der Waals surface area contributed by atoms with Gasteiger partial charge in [0.2, 0.25) is 0 Å². The first-order valence-electron chi connectivity index (χ1n) is 6.36. The molecule has 1 fully saturated rings. The molecule has 0 atom stereocenters. The smallest absolute Gasteiger partial charge is 0.254 e. The van der Waals surface area contributed by atoms with E-state index in [2.05, 4.69) is 11.8 Å². The van der Waals surface area contributed by atoms with E-state index in [0.29, 0.717) is 37.9 Å². The molecule has 2 N–H and O–H groups in total. The van der Waals surface area contributed by atoms with Crippen LogP contribution in [0.4, 0.5) is 0 Å². The molecule has 19 heavy (non-hydrogen) atoms. The third-order valence-electron chi connectivity index (χ3n) is 3.05. The minimum atomic E-state index is -0.272. The van der Waals surface area contributed by atoms with Crippen molar-refractivity contribution in [3.8, 4) is 11.8 Å². The van der Waals surface area contributed by atoms with E-state index in [0.717, 1.165) is 4.88 Å². The predicted molar refractivity (Wildman–Crippen MR) is 74.0 cm³/mol. The van der Waals surface area contributed by atoms with E-state index < -0.39 is 0 Å². The van der Waals surface area contributed by atoms with Gasteiger partial charge in [0.1, 0.15) is 0 Å². The Morgan fingerprint density at radius 1 is 1.47 bits per heavy atom. The third-order valence-corrected chi connectivity index (χ3v) is 3.89. The normalized spacial score (nSPS) is 16.0. The lowest BCUT2D eigenvalue weighted by Gasteiger charge is -2.29. The molecule has 0 radical (unpaired) electrons. The Labute approximate surface area is 116 Å². The van der Waals surface area contributed by atoms with Gasteiger partial charge in [0.05, 0.1) is 23.2 Å². The van der Waals surface area contributed by atoms with Crippen molar-refractivity contribution in [3.63, 3.8) is 0 Å². The number of amides is 1. The van der Waals surface area contributed by atoms with Gasteiger partial charge < -0.3 is 15.1 Å². The first-order valence-corrected chi connectivity index (χ1v) is 7.24. The zero-order chi connectivity index (χ0) is 13.7. The van der Waals surface area contributed by atoms with Gasteiger partial charge in [-0.3, -0.25) is 4.79 Å². The SMILES string of the molecule is O=C(c1csc(C#CCCO)c1)N1CCC(O)CC1. The summed E-state index contributed by atoms with van der Waals surface area (Å²) in [6, 6.07) is 1.79. The molecule has 0 aromatic carbocycles. The largest absolute Gasteiger partial charge is 0.395 e. The van der Waals surface area contributed by atoms with Crippen molar-refractivity contribution in [2.45, 2.75) is 25.4 Å². The van der Waals surface area contributed by atoms with Gasteiger partial charge in [0.25, 0.3) is 5.91 Å². The summed E-state index contributed by atoms with van der Waals surface area (Å²) < 4.78 is 0. The molecule has 0 unspecified atom stereocenters. The maximum atomic E-state index is 12.2. The van der Waals surface area contributed by atoms with Crippen LogP contribution in [0.25, 0.3) is 0 Å². The molecular weight excluding hydrogens is 262 g/mol. The Morgan fingerprint density at radius 3 is 2.89 bits per heavy atom. The van der Waals surface area contributed by atoms with Crippen LogP contribution in [0, 0.1) is 11.8 Å². The fourth-order valence-electron chi connectivity index (χ4n) is 1.97. The van der Waals surface area contributed by atoms with E-state index in [4.69, 9.17) is 5.11 Å². The molecule has 1 amide bonds. The van der Waals surface area contributed by atoms with Crippen LogP contribution < -0.4 is 0 Å². The Hall–Kier alpha value is -1.35. The van der Waals surface area contributed by atoms with E-state index in [1.165, 1.54) is 11.3 Å². The van der Waals surface area contributed by atoms with Crippen LogP contribution in [0.1, 0.15) is 34.5 Å². The van der Waals surface area contributed by atoms with Gasteiger partial charge in [-0.1, -0.05) is 11.8 Å². The monoisotopic (exact) mass is 279 g/mol. The van der Waals surface area contributed by atoms with Crippen LogP contribution in [-0.2, 0) is 0 Å². The van der Waals surface area contributed by atoms with E-state index in [1.54, 1.807) is 11.0 Å². The first kappa shape index (κ1) is 14.1. The molecule has 5 heteroatoms. The summed E-state index contributed by atoms with van der Waals surface area (Å²) >= 11 is 1.44. The summed E-state index contributed by atoms with van der Waals surface area (Å²) in [5.74, 6) is 5.78. The predicted octanol–water partition coefficient (Wildman–Crippen LogP) is 1.08. The highest BCUT2D eigenvalue weighted by Crippen LogP contribution is 2.18. The second-order valence-electron chi connectivity index (χ2n) is 4.50.